The van der Waals surface area contributed by atoms with Gasteiger partial charge in [0, 0.05) is 33.3 Å². The van der Waals surface area contributed by atoms with Gasteiger partial charge < -0.3 is 0 Å². The van der Waals surface area contributed by atoms with E-state index < -0.39 is 0 Å². The van der Waals surface area contributed by atoms with Gasteiger partial charge in [-0.25, -0.2) is 15.0 Å². The molecule has 0 amide bonds. The van der Waals surface area contributed by atoms with Crippen molar-refractivity contribution >= 4 is 42.5 Å². The van der Waals surface area contributed by atoms with Crippen LogP contribution in [0.1, 0.15) is 0 Å². The van der Waals surface area contributed by atoms with Crippen LogP contribution in [0.25, 0.3) is 31.2 Å². The predicted octanol–water partition coefficient (Wildman–Crippen LogP) is 3.39. The van der Waals surface area contributed by atoms with Crippen LogP contribution >= 0.6 is 11.3 Å². The molecule has 17 heavy (non-hydrogen) atoms. The Bertz CT molecular complexity index is 845. The van der Waals surface area contributed by atoms with Gasteiger partial charge in [-0.3, -0.25) is 0 Å². The van der Waals surface area contributed by atoms with Gasteiger partial charge in [0.2, 0.25) is 0 Å². The van der Waals surface area contributed by atoms with Gasteiger partial charge in [0.1, 0.15) is 11.2 Å². The normalized spacial score (nSPS) is 11.5. The largest absolute Gasteiger partial charge is 0.245 e. The average molecular weight is 237 g/mol. The van der Waals surface area contributed by atoms with Crippen molar-refractivity contribution in [3.05, 3.63) is 43.0 Å². The molecule has 0 radical (unpaired) electrons. The number of pyridine rings is 1. The lowest BCUT2D eigenvalue weighted by molar-refractivity contribution is 1.22. The monoisotopic (exact) mass is 237 g/mol. The highest BCUT2D eigenvalue weighted by molar-refractivity contribution is 7.25. The van der Waals surface area contributed by atoms with Crippen molar-refractivity contribution in [2.75, 3.05) is 0 Å². The van der Waals surface area contributed by atoms with Gasteiger partial charge in [0.05, 0.1) is 5.52 Å². The minimum absolute atomic E-state index is 0.982. The smallest absolute Gasteiger partial charge is 0.124 e. The van der Waals surface area contributed by atoms with E-state index >= 15 is 0 Å². The maximum atomic E-state index is 4.39. The molecule has 3 nitrogen and oxygen atoms in total. The highest BCUT2D eigenvalue weighted by Crippen LogP contribution is 2.34. The fourth-order valence-electron chi connectivity index (χ4n) is 2.08. The van der Waals surface area contributed by atoms with E-state index in [1.807, 2.05) is 18.5 Å². The van der Waals surface area contributed by atoms with Crippen molar-refractivity contribution in [3.63, 3.8) is 0 Å². The molecule has 0 unspecified atom stereocenters. The van der Waals surface area contributed by atoms with Gasteiger partial charge in [-0.15, -0.1) is 11.3 Å². The summed E-state index contributed by atoms with van der Waals surface area (Å²) in [5.74, 6) is 0. The van der Waals surface area contributed by atoms with Crippen molar-refractivity contribution < 1.29 is 0 Å². The Hall–Kier alpha value is -2.07. The summed E-state index contributed by atoms with van der Waals surface area (Å²) in [6, 6.07) is 8.33. The zero-order valence-corrected chi connectivity index (χ0v) is 9.61. The lowest BCUT2D eigenvalue weighted by Crippen LogP contribution is -1.79. The van der Waals surface area contributed by atoms with Crippen LogP contribution in [0.3, 0.4) is 0 Å². The lowest BCUT2D eigenvalue weighted by Gasteiger charge is -1.96. The summed E-state index contributed by atoms with van der Waals surface area (Å²) in [6.07, 6.45) is 5.26. The molecular weight excluding hydrogens is 230 g/mol. The minimum Gasteiger partial charge on any atom is -0.245 e. The summed E-state index contributed by atoms with van der Waals surface area (Å²) in [5.41, 5.74) is 0.982. The maximum absolute atomic E-state index is 4.39. The predicted molar refractivity (Wildman–Crippen MR) is 70.2 cm³/mol. The maximum Gasteiger partial charge on any atom is 0.124 e. The Morgan fingerprint density at radius 3 is 3.06 bits per heavy atom. The van der Waals surface area contributed by atoms with Crippen LogP contribution < -0.4 is 0 Å². The van der Waals surface area contributed by atoms with Crippen LogP contribution in [0.4, 0.5) is 0 Å². The fraction of sp³-hybridized carbons (Fsp3) is 0. The first kappa shape index (κ1) is 9.01. The van der Waals surface area contributed by atoms with Crippen LogP contribution in [-0.2, 0) is 0 Å². The molecule has 0 aliphatic heterocycles. The lowest BCUT2D eigenvalue weighted by atomic mass is 10.1. The third-order valence-electron chi connectivity index (χ3n) is 2.87. The van der Waals surface area contributed by atoms with Crippen LogP contribution in [0.2, 0.25) is 0 Å². The van der Waals surface area contributed by atoms with E-state index in [2.05, 4.69) is 33.2 Å². The molecule has 0 atom stereocenters. The van der Waals surface area contributed by atoms with Gasteiger partial charge >= 0.3 is 0 Å². The second kappa shape index (κ2) is 3.21. The number of aromatic nitrogens is 3. The molecule has 80 valence electrons. The van der Waals surface area contributed by atoms with E-state index in [1.54, 1.807) is 17.7 Å². The van der Waals surface area contributed by atoms with E-state index in [1.165, 1.54) is 15.5 Å². The van der Waals surface area contributed by atoms with Crippen molar-refractivity contribution in [1.82, 2.24) is 15.0 Å². The molecule has 1 aromatic carbocycles. The van der Waals surface area contributed by atoms with E-state index in [0.717, 1.165) is 15.7 Å². The van der Waals surface area contributed by atoms with Crippen molar-refractivity contribution in [2.45, 2.75) is 0 Å². The third kappa shape index (κ3) is 1.24. The second-order valence-corrected chi connectivity index (χ2v) is 4.92. The Morgan fingerprint density at radius 1 is 1.06 bits per heavy atom. The molecule has 0 saturated heterocycles. The third-order valence-corrected chi connectivity index (χ3v) is 3.95. The van der Waals surface area contributed by atoms with Crippen LogP contribution in [0, 0.1) is 0 Å². The molecule has 0 spiro atoms. The number of rotatable bonds is 0. The zero-order valence-electron chi connectivity index (χ0n) is 8.79. The number of hydrogen-bond acceptors (Lipinski definition) is 4. The molecular formula is C13H7N3S. The molecule has 3 heterocycles. The van der Waals surface area contributed by atoms with Gasteiger partial charge in [-0.1, -0.05) is 0 Å². The summed E-state index contributed by atoms with van der Waals surface area (Å²) in [5, 5.41) is 3.50. The molecule has 0 saturated carbocycles. The molecule has 4 rings (SSSR count). The SMILES string of the molecule is c1cnc2sc3cc4cncnc4cc3c2c1. The topological polar surface area (TPSA) is 38.7 Å². The Kier molecular flexibility index (Phi) is 1.70. The molecule has 0 N–H and O–H groups in total. The molecule has 0 bridgehead atoms. The summed E-state index contributed by atoms with van der Waals surface area (Å²) in [6.45, 7) is 0. The second-order valence-electron chi connectivity index (χ2n) is 3.89. The first-order valence-corrected chi connectivity index (χ1v) is 6.10. The molecule has 4 heteroatoms. The van der Waals surface area contributed by atoms with E-state index in [-0.39, 0.29) is 0 Å². The Balaban J connectivity index is 2.28. The molecule has 0 aliphatic carbocycles. The van der Waals surface area contributed by atoms with Gasteiger partial charge in [-0.05, 0) is 24.3 Å². The molecule has 0 aliphatic rings. The number of benzene rings is 1. The highest BCUT2D eigenvalue weighted by atomic mass is 32.1. The Labute approximate surface area is 101 Å². The van der Waals surface area contributed by atoms with Gasteiger partial charge in [0.15, 0.2) is 0 Å². The molecule has 3 aromatic heterocycles. The number of nitrogens with zero attached hydrogens (tertiary/aromatic N) is 3. The van der Waals surface area contributed by atoms with Crippen molar-refractivity contribution in [3.8, 4) is 0 Å². The quantitative estimate of drug-likeness (QED) is 0.470. The van der Waals surface area contributed by atoms with Crippen LogP contribution in [-0.4, -0.2) is 15.0 Å². The van der Waals surface area contributed by atoms with E-state index in [4.69, 9.17) is 0 Å². The van der Waals surface area contributed by atoms with E-state index in [9.17, 15) is 0 Å². The number of hydrogen-bond donors (Lipinski definition) is 0. The first-order valence-electron chi connectivity index (χ1n) is 5.29. The van der Waals surface area contributed by atoms with Gasteiger partial charge in [-0.2, -0.15) is 0 Å². The minimum atomic E-state index is 0.982. The van der Waals surface area contributed by atoms with Crippen LogP contribution in [0.5, 0.6) is 0 Å². The van der Waals surface area contributed by atoms with Gasteiger partial charge in [0.25, 0.3) is 0 Å². The molecule has 4 aromatic rings. The van der Waals surface area contributed by atoms with Crippen molar-refractivity contribution in [1.29, 1.82) is 0 Å². The van der Waals surface area contributed by atoms with Crippen molar-refractivity contribution in [2.24, 2.45) is 0 Å². The summed E-state index contributed by atoms with van der Waals surface area (Å²) in [4.78, 5) is 13.8. The zero-order chi connectivity index (χ0) is 11.2. The molecule has 0 fully saturated rings. The summed E-state index contributed by atoms with van der Waals surface area (Å²) >= 11 is 1.71. The first-order chi connectivity index (χ1) is 8.42. The summed E-state index contributed by atoms with van der Waals surface area (Å²) in [7, 11) is 0. The standard InChI is InChI=1S/C13H7N3S/c1-2-9-10-5-11-8(6-14-7-16-11)4-12(10)17-13(9)15-3-1/h1-7H. The number of fused-ring (bicyclic) bond motifs is 4. The number of thiophene rings is 1. The fourth-order valence-corrected chi connectivity index (χ4v) is 3.16. The highest BCUT2D eigenvalue weighted by Gasteiger charge is 2.07. The van der Waals surface area contributed by atoms with E-state index in [0.29, 0.717) is 0 Å². The Morgan fingerprint density at radius 2 is 2.06 bits per heavy atom. The van der Waals surface area contributed by atoms with Crippen LogP contribution in [0.15, 0.2) is 43.0 Å². The average Bonchev–Trinajstić information content (AvgIpc) is 2.73. The summed E-state index contributed by atoms with van der Waals surface area (Å²) < 4.78 is 1.24.